The smallest absolute Gasteiger partial charge is 0.175 e. The molecule has 4 nitrogen and oxygen atoms in total. The molecule has 0 aliphatic carbocycles. The third kappa shape index (κ3) is 3.37. The molecule has 0 spiro atoms. The Morgan fingerprint density at radius 2 is 2.17 bits per heavy atom. The molecule has 2 rings (SSSR count). The van der Waals surface area contributed by atoms with Gasteiger partial charge in [0.05, 0.1) is 10.6 Å². The lowest BCUT2D eigenvalue weighted by Gasteiger charge is -2.20. The Hall–Kier alpha value is -0.780. The Balaban J connectivity index is 1.99. The summed E-state index contributed by atoms with van der Waals surface area (Å²) in [5.74, 6) is 1.56. The van der Waals surface area contributed by atoms with Crippen LogP contribution in [0.5, 0.6) is 11.5 Å². The number of hydrogen-bond acceptors (Lipinski definition) is 4. The fourth-order valence-corrected chi connectivity index (χ4v) is 2.40. The van der Waals surface area contributed by atoms with Crippen LogP contribution in [0.4, 0.5) is 0 Å². The van der Waals surface area contributed by atoms with E-state index in [4.69, 9.17) is 9.47 Å². The molecule has 0 radical (unpaired) electrons. The molecule has 0 amide bonds. The molecule has 100 valence electrons. The van der Waals surface area contributed by atoms with Crippen molar-refractivity contribution in [1.82, 2.24) is 5.32 Å². The van der Waals surface area contributed by atoms with Crippen LogP contribution in [0.2, 0.25) is 0 Å². The quantitative estimate of drug-likeness (QED) is 0.873. The van der Waals surface area contributed by atoms with Crippen LogP contribution in [-0.2, 0) is 6.54 Å². The Morgan fingerprint density at radius 3 is 2.94 bits per heavy atom. The maximum Gasteiger partial charge on any atom is 0.175 e. The Bertz CT molecular complexity index is 411. The van der Waals surface area contributed by atoms with E-state index in [1.165, 1.54) is 0 Å². The number of nitrogens with one attached hydrogen (secondary N) is 1. The molecule has 0 saturated heterocycles. The molecule has 1 aliphatic heterocycles. The summed E-state index contributed by atoms with van der Waals surface area (Å²) in [7, 11) is 0. The van der Waals surface area contributed by atoms with Crippen LogP contribution in [0.3, 0.4) is 0 Å². The van der Waals surface area contributed by atoms with Crippen molar-refractivity contribution in [2.24, 2.45) is 0 Å². The topological polar surface area (TPSA) is 50.7 Å². The summed E-state index contributed by atoms with van der Waals surface area (Å²) in [6, 6.07) is 3.99. The SMILES string of the molecule is CCC(O)CNCc1cc(Br)c2c(c1)OCCO2. The van der Waals surface area contributed by atoms with Gasteiger partial charge in [0.2, 0.25) is 0 Å². The second-order valence-electron chi connectivity index (χ2n) is 4.29. The summed E-state index contributed by atoms with van der Waals surface area (Å²) in [5, 5.41) is 12.7. The summed E-state index contributed by atoms with van der Waals surface area (Å²) in [6.07, 6.45) is 0.475. The molecule has 2 N–H and O–H groups in total. The Morgan fingerprint density at radius 1 is 1.39 bits per heavy atom. The predicted octanol–water partition coefficient (Wildman–Crippen LogP) is 2.08. The van der Waals surface area contributed by atoms with Crippen molar-refractivity contribution in [2.75, 3.05) is 19.8 Å². The van der Waals surface area contributed by atoms with E-state index in [0.717, 1.165) is 28.0 Å². The van der Waals surface area contributed by atoms with Crippen LogP contribution < -0.4 is 14.8 Å². The summed E-state index contributed by atoms with van der Waals surface area (Å²) >= 11 is 3.49. The zero-order valence-corrected chi connectivity index (χ0v) is 12.0. The number of hydrogen-bond donors (Lipinski definition) is 2. The molecule has 0 bridgehead atoms. The summed E-state index contributed by atoms with van der Waals surface area (Å²) in [4.78, 5) is 0. The van der Waals surface area contributed by atoms with Crippen molar-refractivity contribution < 1.29 is 14.6 Å². The maximum absolute atomic E-state index is 9.47. The van der Waals surface area contributed by atoms with Crippen LogP contribution in [0.25, 0.3) is 0 Å². The maximum atomic E-state index is 9.47. The largest absolute Gasteiger partial charge is 0.486 e. The molecular formula is C13H18BrNO3. The Labute approximate surface area is 115 Å². The highest BCUT2D eigenvalue weighted by atomic mass is 79.9. The molecule has 1 aliphatic rings. The number of ether oxygens (including phenoxy) is 2. The third-order valence-corrected chi connectivity index (χ3v) is 3.43. The van der Waals surface area contributed by atoms with Gasteiger partial charge in [0.15, 0.2) is 11.5 Å². The molecule has 1 atom stereocenters. The van der Waals surface area contributed by atoms with Gasteiger partial charge in [0.25, 0.3) is 0 Å². The lowest BCUT2D eigenvalue weighted by Crippen LogP contribution is -2.25. The molecule has 0 fully saturated rings. The second kappa shape index (κ2) is 6.41. The minimum absolute atomic E-state index is 0.286. The van der Waals surface area contributed by atoms with Gasteiger partial charge in [-0.1, -0.05) is 6.92 Å². The van der Waals surface area contributed by atoms with Gasteiger partial charge in [-0.05, 0) is 40.0 Å². The van der Waals surface area contributed by atoms with Gasteiger partial charge in [-0.25, -0.2) is 0 Å². The summed E-state index contributed by atoms with van der Waals surface area (Å²) < 4.78 is 12.0. The van der Waals surface area contributed by atoms with E-state index in [-0.39, 0.29) is 6.10 Å². The average Bonchev–Trinajstić information content (AvgIpc) is 2.38. The first-order valence-electron chi connectivity index (χ1n) is 6.17. The van der Waals surface area contributed by atoms with Gasteiger partial charge in [-0.2, -0.15) is 0 Å². The van der Waals surface area contributed by atoms with Crippen molar-refractivity contribution >= 4 is 15.9 Å². The van der Waals surface area contributed by atoms with Gasteiger partial charge in [-0.15, -0.1) is 0 Å². The minimum atomic E-state index is -0.286. The van der Waals surface area contributed by atoms with Crippen LogP contribution >= 0.6 is 15.9 Å². The van der Waals surface area contributed by atoms with Crippen molar-refractivity contribution in [1.29, 1.82) is 0 Å². The summed E-state index contributed by atoms with van der Waals surface area (Å²) in [5.41, 5.74) is 1.11. The zero-order chi connectivity index (χ0) is 13.0. The van der Waals surface area contributed by atoms with Crippen molar-refractivity contribution in [2.45, 2.75) is 26.0 Å². The zero-order valence-electron chi connectivity index (χ0n) is 10.4. The van der Waals surface area contributed by atoms with Crippen LogP contribution in [0, 0.1) is 0 Å². The molecule has 1 aromatic rings. The summed E-state index contributed by atoms with van der Waals surface area (Å²) in [6.45, 7) is 4.44. The van der Waals surface area contributed by atoms with E-state index in [2.05, 4.69) is 21.2 Å². The average molecular weight is 316 g/mol. The number of fused-ring (bicyclic) bond motifs is 1. The van der Waals surface area contributed by atoms with Crippen LogP contribution in [-0.4, -0.2) is 31.0 Å². The van der Waals surface area contributed by atoms with Gasteiger partial charge in [0.1, 0.15) is 13.2 Å². The predicted molar refractivity (Wildman–Crippen MR) is 73.1 cm³/mol. The standard InChI is InChI=1S/C13H18BrNO3/c1-2-10(16)8-15-7-9-5-11(14)13-12(6-9)17-3-4-18-13/h5-6,10,15-16H,2-4,7-8H2,1H3. The fraction of sp³-hybridized carbons (Fsp3) is 0.538. The molecule has 1 heterocycles. The molecule has 0 aromatic heterocycles. The monoisotopic (exact) mass is 315 g/mol. The Kier molecular flexibility index (Phi) is 4.86. The van der Waals surface area contributed by atoms with Gasteiger partial charge in [0, 0.05) is 13.1 Å². The van der Waals surface area contributed by atoms with Gasteiger partial charge in [-0.3, -0.25) is 0 Å². The van der Waals surface area contributed by atoms with Gasteiger partial charge < -0.3 is 19.9 Å². The number of halogens is 1. The normalized spacial score (nSPS) is 15.5. The molecule has 5 heteroatoms. The highest BCUT2D eigenvalue weighted by Crippen LogP contribution is 2.38. The molecule has 18 heavy (non-hydrogen) atoms. The minimum Gasteiger partial charge on any atom is -0.486 e. The molecule has 0 saturated carbocycles. The number of benzene rings is 1. The molecule has 1 unspecified atom stereocenters. The number of aliphatic hydroxyl groups excluding tert-OH is 1. The van der Waals surface area contributed by atoms with E-state index in [1.807, 2.05) is 19.1 Å². The van der Waals surface area contributed by atoms with Crippen LogP contribution in [0.15, 0.2) is 16.6 Å². The lowest BCUT2D eigenvalue weighted by atomic mass is 10.2. The van der Waals surface area contributed by atoms with Crippen molar-refractivity contribution in [3.8, 4) is 11.5 Å². The van der Waals surface area contributed by atoms with Crippen molar-refractivity contribution in [3.05, 3.63) is 22.2 Å². The van der Waals surface area contributed by atoms with Gasteiger partial charge >= 0.3 is 0 Å². The van der Waals surface area contributed by atoms with E-state index in [9.17, 15) is 5.11 Å². The molecular weight excluding hydrogens is 298 g/mol. The van der Waals surface area contributed by atoms with E-state index < -0.39 is 0 Å². The van der Waals surface area contributed by atoms with E-state index in [1.54, 1.807) is 0 Å². The first-order chi connectivity index (χ1) is 8.70. The number of rotatable bonds is 5. The van der Waals surface area contributed by atoms with E-state index in [0.29, 0.717) is 26.3 Å². The lowest BCUT2D eigenvalue weighted by molar-refractivity contribution is 0.166. The molecule has 1 aromatic carbocycles. The highest BCUT2D eigenvalue weighted by Gasteiger charge is 2.16. The third-order valence-electron chi connectivity index (χ3n) is 2.84. The highest BCUT2D eigenvalue weighted by molar-refractivity contribution is 9.10. The second-order valence-corrected chi connectivity index (χ2v) is 5.15. The van der Waals surface area contributed by atoms with Crippen LogP contribution in [0.1, 0.15) is 18.9 Å². The fourth-order valence-electron chi connectivity index (χ4n) is 1.79. The van der Waals surface area contributed by atoms with Crippen molar-refractivity contribution in [3.63, 3.8) is 0 Å². The first-order valence-corrected chi connectivity index (χ1v) is 6.96. The number of aliphatic hydroxyl groups is 1. The van der Waals surface area contributed by atoms with E-state index >= 15 is 0 Å². The first kappa shape index (κ1) is 13.6.